The predicted molar refractivity (Wildman–Crippen MR) is 57.3 cm³/mol. The van der Waals surface area contributed by atoms with Gasteiger partial charge in [-0.2, -0.15) is 0 Å². The molecule has 1 atom stereocenters. The third kappa shape index (κ3) is 4.71. The Kier molecular flexibility index (Phi) is 6.29. The molecule has 0 amide bonds. The summed E-state index contributed by atoms with van der Waals surface area (Å²) >= 11 is 0. The molecule has 76 valence electrons. The first-order chi connectivity index (χ1) is 6.15. The summed E-state index contributed by atoms with van der Waals surface area (Å²) in [5.74, 6) is 0.395. The third-order valence-electron chi connectivity index (χ3n) is 2.55. The molecule has 0 heterocycles. The second kappa shape index (κ2) is 6.70. The zero-order valence-electron chi connectivity index (χ0n) is 9.17. The van der Waals surface area contributed by atoms with Crippen LogP contribution >= 0.6 is 0 Å². The molecule has 0 spiro atoms. The highest BCUT2D eigenvalue weighted by molar-refractivity contribution is 5.83. The molecule has 13 heavy (non-hydrogen) atoms. The summed E-state index contributed by atoms with van der Waals surface area (Å²) < 4.78 is 0. The van der Waals surface area contributed by atoms with Crippen molar-refractivity contribution >= 4 is 5.71 Å². The molecule has 0 aliphatic heterocycles. The van der Waals surface area contributed by atoms with Gasteiger partial charge >= 0.3 is 0 Å². The molecule has 0 radical (unpaired) electrons. The Morgan fingerprint density at radius 2 is 2.00 bits per heavy atom. The van der Waals surface area contributed by atoms with E-state index in [2.05, 4.69) is 32.0 Å². The van der Waals surface area contributed by atoms with Crippen molar-refractivity contribution < 1.29 is 5.21 Å². The first-order valence-electron chi connectivity index (χ1n) is 4.99. The van der Waals surface area contributed by atoms with Crippen molar-refractivity contribution in [2.45, 2.75) is 47.0 Å². The lowest BCUT2D eigenvalue weighted by atomic mass is 9.96. The molecule has 0 aromatic rings. The van der Waals surface area contributed by atoms with Gasteiger partial charge in [0.25, 0.3) is 0 Å². The molecule has 0 bridgehead atoms. The Balaban J connectivity index is 4.14. The molecule has 2 nitrogen and oxygen atoms in total. The molecular weight excluding hydrogens is 162 g/mol. The van der Waals surface area contributed by atoms with Gasteiger partial charge in [0.15, 0.2) is 0 Å². The lowest BCUT2D eigenvalue weighted by molar-refractivity contribution is 0.314. The van der Waals surface area contributed by atoms with E-state index in [1.54, 1.807) is 0 Å². The van der Waals surface area contributed by atoms with Crippen molar-refractivity contribution in [3.63, 3.8) is 0 Å². The standard InChI is InChI=1S/C11H21NO/c1-5-9(3)7-8-11(6-2)10(4)12-13/h7,11,13H,5-6,8H2,1-4H3. The first kappa shape index (κ1) is 12.2. The van der Waals surface area contributed by atoms with Crippen LogP contribution in [0.2, 0.25) is 0 Å². The van der Waals surface area contributed by atoms with Crippen LogP contribution in [0.15, 0.2) is 16.8 Å². The molecule has 0 fully saturated rings. The maximum atomic E-state index is 8.63. The van der Waals surface area contributed by atoms with Crippen LogP contribution in [0.3, 0.4) is 0 Å². The van der Waals surface area contributed by atoms with Crippen molar-refractivity contribution in [2.75, 3.05) is 0 Å². The van der Waals surface area contributed by atoms with E-state index in [0.717, 1.165) is 25.0 Å². The van der Waals surface area contributed by atoms with Crippen molar-refractivity contribution in [1.82, 2.24) is 0 Å². The van der Waals surface area contributed by atoms with E-state index >= 15 is 0 Å². The molecule has 0 saturated carbocycles. The van der Waals surface area contributed by atoms with E-state index in [-0.39, 0.29) is 0 Å². The highest BCUT2D eigenvalue weighted by atomic mass is 16.4. The molecule has 1 unspecified atom stereocenters. The third-order valence-corrected chi connectivity index (χ3v) is 2.55. The second-order valence-electron chi connectivity index (χ2n) is 3.49. The number of hydrogen-bond donors (Lipinski definition) is 1. The van der Waals surface area contributed by atoms with E-state index in [0.29, 0.717) is 5.92 Å². The minimum Gasteiger partial charge on any atom is -0.411 e. The van der Waals surface area contributed by atoms with Crippen LogP contribution in [0.25, 0.3) is 0 Å². The lowest BCUT2D eigenvalue weighted by Gasteiger charge is -2.10. The van der Waals surface area contributed by atoms with E-state index in [9.17, 15) is 0 Å². The maximum absolute atomic E-state index is 8.63. The Labute approximate surface area is 81.3 Å². The van der Waals surface area contributed by atoms with Crippen LogP contribution in [0.1, 0.15) is 47.0 Å². The zero-order chi connectivity index (χ0) is 10.3. The first-order valence-corrected chi connectivity index (χ1v) is 4.99. The lowest BCUT2D eigenvalue weighted by Crippen LogP contribution is -2.09. The summed E-state index contributed by atoms with van der Waals surface area (Å²) in [6.45, 7) is 8.29. The SMILES string of the molecule is CCC(C)=CCC(CC)C(C)=NO. The van der Waals surface area contributed by atoms with E-state index in [1.165, 1.54) is 5.57 Å². The summed E-state index contributed by atoms with van der Waals surface area (Å²) in [4.78, 5) is 0. The van der Waals surface area contributed by atoms with Gasteiger partial charge in [0, 0.05) is 5.92 Å². The van der Waals surface area contributed by atoms with Crippen LogP contribution < -0.4 is 0 Å². The topological polar surface area (TPSA) is 32.6 Å². The van der Waals surface area contributed by atoms with Crippen molar-refractivity contribution in [3.05, 3.63) is 11.6 Å². The van der Waals surface area contributed by atoms with Gasteiger partial charge in [-0.25, -0.2) is 0 Å². The van der Waals surface area contributed by atoms with Gasteiger partial charge in [-0.3, -0.25) is 0 Å². The summed E-state index contributed by atoms with van der Waals surface area (Å²) in [6.07, 6.45) is 5.37. The molecule has 0 aliphatic rings. The quantitative estimate of drug-likeness (QED) is 0.300. The average molecular weight is 183 g/mol. The van der Waals surface area contributed by atoms with Crippen molar-refractivity contribution in [3.8, 4) is 0 Å². The Morgan fingerprint density at radius 3 is 2.38 bits per heavy atom. The van der Waals surface area contributed by atoms with Gasteiger partial charge in [0.05, 0.1) is 5.71 Å². The predicted octanol–water partition coefficient (Wildman–Crippen LogP) is 3.61. The highest BCUT2D eigenvalue weighted by Crippen LogP contribution is 2.13. The fourth-order valence-corrected chi connectivity index (χ4v) is 1.20. The van der Waals surface area contributed by atoms with Gasteiger partial charge in [-0.1, -0.05) is 30.7 Å². The van der Waals surface area contributed by atoms with Crippen molar-refractivity contribution in [2.24, 2.45) is 11.1 Å². The molecular formula is C11H21NO. The largest absolute Gasteiger partial charge is 0.411 e. The molecule has 2 heteroatoms. The number of hydrogen-bond acceptors (Lipinski definition) is 2. The monoisotopic (exact) mass is 183 g/mol. The van der Waals surface area contributed by atoms with Crippen LogP contribution in [-0.2, 0) is 0 Å². The van der Waals surface area contributed by atoms with Gasteiger partial charge < -0.3 is 5.21 Å². The molecule has 1 N–H and O–H groups in total. The number of oxime groups is 1. The molecule has 0 rings (SSSR count). The molecule has 0 aliphatic carbocycles. The number of nitrogens with zero attached hydrogens (tertiary/aromatic N) is 1. The summed E-state index contributed by atoms with van der Waals surface area (Å²) in [5, 5.41) is 11.9. The van der Waals surface area contributed by atoms with Gasteiger partial charge in [0.2, 0.25) is 0 Å². The van der Waals surface area contributed by atoms with Gasteiger partial charge in [-0.15, -0.1) is 0 Å². The zero-order valence-corrected chi connectivity index (χ0v) is 9.17. The van der Waals surface area contributed by atoms with E-state index in [1.807, 2.05) is 6.92 Å². The second-order valence-corrected chi connectivity index (χ2v) is 3.49. The molecule has 0 saturated heterocycles. The number of rotatable bonds is 5. The highest BCUT2D eigenvalue weighted by Gasteiger charge is 2.08. The smallest absolute Gasteiger partial charge is 0.0573 e. The summed E-state index contributed by atoms with van der Waals surface area (Å²) in [6, 6.07) is 0. The number of allylic oxidation sites excluding steroid dienone is 2. The average Bonchev–Trinajstić information content (AvgIpc) is 2.17. The summed E-state index contributed by atoms with van der Waals surface area (Å²) in [5.41, 5.74) is 2.24. The minimum absolute atomic E-state index is 0.395. The van der Waals surface area contributed by atoms with Crippen LogP contribution in [0.4, 0.5) is 0 Å². The Morgan fingerprint density at radius 1 is 1.38 bits per heavy atom. The van der Waals surface area contributed by atoms with Crippen LogP contribution in [0, 0.1) is 5.92 Å². The Bertz CT molecular complexity index is 194. The normalized spacial score (nSPS) is 16.0. The summed E-state index contributed by atoms with van der Waals surface area (Å²) in [7, 11) is 0. The van der Waals surface area contributed by atoms with Crippen LogP contribution in [-0.4, -0.2) is 10.9 Å². The van der Waals surface area contributed by atoms with Gasteiger partial charge in [-0.05, 0) is 33.1 Å². The minimum atomic E-state index is 0.395. The van der Waals surface area contributed by atoms with E-state index in [4.69, 9.17) is 5.21 Å². The van der Waals surface area contributed by atoms with E-state index < -0.39 is 0 Å². The maximum Gasteiger partial charge on any atom is 0.0573 e. The fourth-order valence-electron chi connectivity index (χ4n) is 1.20. The Hall–Kier alpha value is -0.790. The molecule has 0 aromatic carbocycles. The van der Waals surface area contributed by atoms with Crippen LogP contribution in [0.5, 0.6) is 0 Å². The van der Waals surface area contributed by atoms with Crippen molar-refractivity contribution in [1.29, 1.82) is 0 Å². The molecule has 0 aromatic heterocycles. The fraction of sp³-hybridized carbons (Fsp3) is 0.727. The van der Waals surface area contributed by atoms with Gasteiger partial charge in [0.1, 0.15) is 0 Å².